The molecule has 46 heavy (non-hydrogen) atoms. The SMILES string of the molecule is COC(=O)N(c1ccc(Oc2cc(F)cc(F)c2)cc1F)c1ccc2c(c1O[C@@H]1CCCOC1)C(=O)N(C1CCC(=O)NC1=O)C2. The maximum absolute atomic E-state index is 15.8. The Kier molecular flexibility index (Phi) is 8.54. The highest BCUT2D eigenvalue weighted by Gasteiger charge is 2.42. The molecule has 1 N–H and O–H groups in total. The van der Waals surface area contributed by atoms with Crippen molar-refractivity contribution in [2.75, 3.05) is 25.2 Å². The summed E-state index contributed by atoms with van der Waals surface area (Å²) in [5.74, 6) is -4.68. The number of nitrogens with zero attached hydrogens (tertiary/aromatic N) is 2. The van der Waals surface area contributed by atoms with Gasteiger partial charge in [0, 0.05) is 43.8 Å². The number of amides is 4. The molecule has 3 aliphatic heterocycles. The number of methoxy groups -OCH3 is 1. The van der Waals surface area contributed by atoms with E-state index in [4.69, 9.17) is 18.9 Å². The number of benzene rings is 3. The molecule has 2 atom stereocenters. The van der Waals surface area contributed by atoms with E-state index in [0.29, 0.717) is 31.1 Å². The molecule has 6 rings (SSSR count). The number of rotatable bonds is 7. The molecule has 2 fully saturated rings. The summed E-state index contributed by atoms with van der Waals surface area (Å²) in [4.78, 5) is 53.9. The zero-order valence-corrected chi connectivity index (χ0v) is 24.5. The van der Waals surface area contributed by atoms with E-state index in [1.807, 2.05) is 0 Å². The van der Waals surface area contributed by atoms with Crippen LogP contribution in [0.5, 0.6) is 17.2 Å². The van der Waals surface area contributed by atoms with E-state index in [2.05, 4.69) is 5.32 Å². The molecule has 3 heterocycles. The predicted octanol–water partition coefficient (Wildman–Crippen LogP) is 5.12. The fourth-order valence-electron chi connectivity index (χ4n) is 5.75. The summed E-state index contributed by atoms with van der Waals surface area (Å²) in [6.45, 7) is 0.767. The molecule has 0 spiro atoms. The normalized spacial score (nSPS) is 19.4. The fraction of sp³-hybridized carbons (Fsp3) is 0.312. The minimum absolute atomic E-state index is 0.0191. The fourth-order valence-corrected chi connectivity index (χ4v) is 5.75. The number of halogens is 3. The van der Waals surface area contributed by atoms with E-state index in [9.17, 15) is 28.0 Å². The highest BCUT2D eigenvalue weighted by Crippen LogP contribution is 2.44. The lowest BCUT2D eigenvalue weighted by molar-refractivity contribution is -0.136. The van der Waals surface area contributed by atoms with Crippen molar-refractivity contribution >= 4 is 35.2 Å². The number of hydrogen-bond donors (Lipinski definition) is 1. The Balaban J connectivity index is 1.40. The summed E-state index contributed by atoms with van der Waals surface area (Å²) >= 11 is 0. The van der Waals surface area contributed by atoms with Crippen molar-refractivity contribution < 1.29 is 51.3 Å². The number of hydrogen-bond acceptors (Lipinski definition) is 8. The van der Waals surface area contributed by atoms with Gasteiger partial charge in [-0.1, -0.05) is 6.07 Å². The van der Waals surface area contributed by atoms with E-state index < -0.39 is 53.4 Å². The van der Waals surface area contributed by atoms with Crippen LogP contribution in [0.15, 0.2) is 48.5 Å². The Labute approximate surface area is 260 Å². The summed E-state index contributed by atoms with van der Waals surface area (Å²) in [5.41, 5.74) is 0.257. The first-order chi connectivity index (χ1) is 22.1. The van der Waals surface area contributed by atoms with Crippen LogP contribution in [0.25, 0.3) is 0 Å². The molecule has 0 bridgehead atoms. The lowest BCUT2D eigenvalue weighted by atomic mass is 10.0. The van der Waals surface area contributed by atoms with E-state index >= 15 is 4.39 Å². The van der Waals surface area contributed by atoms with E-state index in [-0.39, 0.29) is 60.2 Å². The Morgan fingerprint density at radius 3 is 2.41 bits per heavy atom. The first-order valence-electron chi connectivity index (χ1n) is 14.5. The molecule has 3 aromatic carbocycles. The molecule has 11 nitrogen and oxygen atoms in total. The number of nitrogens with one attached hydrogen (secondary N) is 1. The lowest BCUT2D eigenvalue weighted by Crippen LogP contribution is -2.52. The molecule has 0 saturated carbocycles. The molecular formula is C32H28F3N3O8. The molecule has 3 aromatic rings. The van der Waals surface area contributed by atoms with Gasteiger partial charge in [0.1, 0.15) is 35.3 Å². The number of piperidine rings is 1. The van der Waals surface area contributed by atoms with E-state index in [1.165, 1.54) is 23.1 Å². The van der Waals surface area contributed by atoms with Gasteiger partial charge in [-0.15, -0.1) is 0 Å². The van der Waals surface area contributed by atoms with Crippen LogP contribution in [0.1, 0.15) is 41.6 Å². The van der Waals surface area contributed by atoms with Gasteiger partial charge in [0.15, 0.2) is 11.6 Å². The summed E-state index contributed by atoms with van der Waals surface area (Å²) in [6, 6.07) is 8.08. The largest absolute Gasteiger partial charge is 0.485 e. The van der Waals surface area contributed by atoms with Crippen molar-refractivity contribution in [3.63, 3.8) is 0 Å². The molecule has 3 aliphatic rings. The van der Waals surface area contributed by atoms with Crippen LogP contribution >= 0.6 is 0 Å². The number of ether oxygens (including phenoxy) is 4. The molecule has 0 radical (unpaired) electrons. The van der Waals surface area contributed by atoms with Gasteiger partial charge in [-0.25, -0.2) is 22.9 Å². The summed E-state index contributed by atoms with van der Waals surface area (Å²) in [7, 11) is 1.10. The molecule has 1 unspecified atom stereocenters. The molecule has 14 heteroatoms. The van der Waals surface area contributed by atoms with Gasteiger partial charge in [0.05, 0.1) is 30.7 Å². The van der Waals surface area contributed by atoms with Gasteiger partial charge in [-0.2, -0.15) is 0 Å². The Morgan fingerprint density at radius 1 is 0.978 bits per heavy atom. The van der Waals surface area contributed by atoms with Gasteiger partial charge in [0.25, 0.3) is 5.91 Å². The van der Waals surface area contributed by atoms with Gasteiger partial charge < -0.3 is 23.8 Å². The predicted molar refractivity (Wildman–Crippen MR) is 154 cm³/mol. The van der Waals surface area contributed by atoms with Crippen molar-refractivity contribution in [2.24, 2.45) is 0 Å². The molecule has 0 aliphatic carbocycles. The van der Waals surface area contributed by atoms with Gasteiger partial charge in [0.2, 0.25) is 11.8 Å². The van der Waals surface area contributed by atoms with Crippen molar-refractivity contribution in [2.45, 2.75) is 44.4 Å². The summed E-state index contributed by atoms with van der Waals surface area (Å²) < 4.78 is 65.4. The minimum atomic E-state index is -1.02. The molecule has 2 saturated heterocycles. The summed E-state index contributed by atoms with van der Waals surface area (Å²) in [5, 5.41) is 2.26. The second-order valence-electron chi connectivity index (χ2n) is 10.9. The van der Waals surface area contributed by atoms with Crippen LogP contribution in [0.2, 0.25) is 0 Å². The van der Waals surface area contributed by atoms with Crippen LogP contribution < -0.4 is 19.7 Å². The highest BCUT2D eigenvalue weighted by atomic mass is 19.1. The second-order valence-corrected chi connectivity index (χ2v) is 10.9. The van der Waals surface area contributed by atoms with Crippen molar-refractivity contribution in [3.8, 4) is 17.2 Å². The Bertz CT molecular complexity index is 1710. The van der Waals surface area contributed by atoms with Crippen LogP contribution in [-0.4, -0.2) is 61.2 Å². The van der Waals surface area contributed by atoms with Crippen molar-refractivity contribution in [1.82, 2.24) is 10.2 Å². The van der Waals surface area contributed by atoms with Crippen LogP contribution in [0.3, 0.4) is 0 Å². The third-order valence-electron chi connectivity index (χ3n) is 7.86. The average Bonchev–Trinajstić information content (AvgIpc) is 3.35. The smallest absolute Gasteiger partial charge is 0.418 e. The van der Waals surface area contributed by atoms with Gasteiger partial charge in [-0.05, 0) is 43.0 Å². The van der Waals surface area contributed by atoms with E-state index in [0.717, 1.165) is 30.2 Å². The molecule has 4 amide bonds. The molecular weight excluding hydrogens is 611 g/mol. The second kappa shape index (κ2) is 12.7. The zero-order chi connectivity index (χ0) is 32.5. The average molecular weight is 640 g/mol. The van der Waals surface area contributed by atoms with Crippen molar-refractivity contribution in [1.29, 1.82) is 0 Å². The maximum atomic E-state index is 15.8. The highest BCUT2D eigenvalue weighted by molar-refractivity contribution is 6.09. The number of imide groups is 1. The monoisotopic (exact) mass is 639 g/mol. The topological polar surface area (TPSA) is 124 Å². The molecule has 240 valence electrons. The van der Waals surface area contributed by atoms with Gasteiger partial charge >= 0.3 is 6.09 Å². The van der Waals surface area contributed by atoms with Crippen molar-refractivity contribution in [3.05, 3.63) is 77.1 Å². The number of fused-ring (bicyclic) bond motifs is 1. The van der Waals surface area contributed by atoms with Crippen LogP contribution in [0, 0.1) is 17.5 Å². The number of carbonyl (C=O) groups excluding carboxylic acids is 4. The third kappa shape index (κ3) is 6.07. The van der Waals surface area contributed by atoms with Gasteiger partial charge in [-0.3, -0.25) is 19.7 Å². The number of carbonyl (C=O) groups is 4. The quantitative estimate of drug-likeness (QED) is 0.354. The Morgan fingerprint density at radius 2 is 1.74 bits per heavy atom. The Hall–Kier alpha value is -5.11. The first-order valence-corrected chi connectivity index (χ1v) is 14.5. The standard InChI is InChI=1S/C32H28F3N3O8/c1-43-32(42)38(24-7-5-20(14-23(24)35)45-22-12-18(33)11-19(34)13-22)25-6-4-17-15-37(26-8-9-27(39)36-30(26)40)31(41)28(17)29(25)46-21-3-2-10-44-16-21/h4-7,11-14,21,26H,2-3,8-10,15-16H2,1H3,(H,36,39,40)/t21-,26?/m1/s1. The third-order valence-corrected chi connectivity index (χ3v) is 7.86. The van der Waals surface area contributed by atoms with Crippen LogP contribution in [0.4, 0.5) is 29.3 Å². The van der Waals surface area contributed by atoms with E-state index in [1.54, 1.807) is 6.07 Å². The molecule has 0 aromatic heterocycles. The minimum Gasteiger partial charge on any atom is -0.485 e. The maximum Gasteiger partial charge on any atom is 0.418 e. The number of anilines is 2. The zero-order valence-electron chi connectivity index (χ0n) is 24.5. The lowest BCUT2D eigenvalue weighted by Gasteiger charge is -2.30. The van der Waals surface area contributed by atoms with Crippen LogP contribution in [-0.2, 0) is 25.6 Å². The first kappa shape index (κ1) is 30.9. The summed E-state index contributed by atoms with van der Waals surface area (Å²) in [6.07, 6.45) is -0.0705.